The summed E-state index contributed by atoms with van der Waals surface area (Å²) in [5.41, 5.74) is 0.909. The van der Waals surface area contributed by atoms with E-state index in [0.717, 1.165) is 5.56 Å². The Morgan fingerprint density at radius 3 is 2.82 bits per heavy atom. The van der Waals surface area contributed by atoms with Crippen molar-refractivity contribution in [1.82, 2.24) is 0 Å². The molecule has 5 nitrogen and oxygen atoms in total. The van der Waals surface area contributed by atoms with Crippen molar-refractivity contribution in [2.45, 2.75) is 18.3 Å². The number of nitro groups is 1. The summed E-state index contributed by atoms with van der Waals surface area (Å²) in [5.74, 6) is 0.403. The highest BCUT2D eigenvalue weighted by Crippen LogP contribution is 2.30. The fourth-order valence-corrected chi connectivity index (χ4v) is 2.25. The third-order valence-electron chi connectivity index (χ3n) is 2.30. The molecule has 0 aliphatic rings. The number of benzene rings is 1. The first-order valence-electron chi connectivity index (χ1n) is 5.19. The Kier molecular flexibility index (Phi) is 5.40. The van der Waals surface area contributed by atoms with Crippen LogP contribution < -0.4 is 0 Å². The maximum atomic E-state index is 10.6. The van der Waals surface area contributed by atoms with Crippen LogP contribution in [0.3, 0.4) is 0 Å². The zero-order valence-electron chi connectivity index (χ0n) is 9.44. The van der Waals surface area contributed by atoms with Crippen molar-refractivity contribution in [1.29, 1.82) is 0 Å². The van der Waals surface area contributed by atoms with E-state index in [0.29, 0.717) is 5.75 Å². The SMILES string of the molecule is C[C@H](SC[C@H](O)CO)c1cccc([N+](=O)[O-])c1. The van der Waals surface area contributed by atoms with E-state index in [2.05, 4.69) is 0 Å². The minimum absolute atomic E-state index is 0.0381. The summed E-state index contributed by atoms with van der Waals surface area (Å²) >= 11 is 1.45. The molecule has 0 unspecified atom stereocenters. The highest BCUT2D eigenvalue weighted by molar-refractivity contribution is 7.99. The Morgan fingerprint density at radius 2 is 2.24 bits per heavy atom. The summed E-state index contributed by atoms with van der Waals surface area (Å²) in [4.78, 5) is 10.2. The molecule has 0 fully saturated rings. The van der Waals surface area contributed by atoms with Gasteiger partial charge in [-0.25, -0.2) is 0 Å². The molecule has 0 radical (unpaired) electrons. The summed E-state index contributed by atoms with van der Waals surface area (Å²) in [6, 6.07) is 6.44. The van der Waals surface area contributed by atoms with Crippen LogP contribution in [0.2, 0.25) is 0 Å². The predicted octanol–water partition coefficient (Wildman–Crippen LogP) is 1.74. The van der Waals surface area contributed by atoms with E-state index >= 15 is 0 Å². The molecule has 0 aromatic heterocycles. The fraction of sp³-hybridized carbons (Fsp3) is 0.455. The van der Waals surface area contributed by atoms with Gasteiger partial charge in [0.2, 0.25) is 0 Å². The molecule has 0 saturated carbocycles. The molecular weight excluding hydrogens is 242 g/mol. The van der Waals surface area contributed by atoms with Crippen LogP contribution in [0.4, 0.5) is 5.69 Å². The van der Waals surface area contributed by atoms with Crippen LogP contribution in [0.25, 0.3) is 0 Å². The minimum atomic E-state index is -0.749. The van der Waals surface area contributed by atoms with Crippen LogP contribution in [-0.2, 0) is 0 Å². The van der Waals surface area contributed by atoms with Gasteiger partial charge in [0.25, 0.3) is 5.69 Å². The molecule has 0 bridgehead atoms. The van der Waals surface area contributed by atoms with E-state index in [4.69, 9.17) is 5.11 Å². The number of aliphatic hydroxyl groups is 2. The summed E-state index contributed by atoms with van der Waals surface area (Å²) in [6.07, 6.45) is -0.749. The molecule has 0 amide bonds. The van der Waals surface area contributed by atoms with E-state index in [1.54, 1.807) is 6.07 Å². The quantitative estimate of drug-likeness (QED) is 0.599. The van der Waals surface area contributed by atoms with Crippen LogP contribution >= 0.6 is 11.8 Å². The number of hydrogen-bond donors (Lipinski definition) is 2. The standard InChI is InChI=1S/C11H15NO4S/c1-8(17-7-11(14)6-13)9-3-2-4-10(5-9)12(15)16/h2-5,8,11,13-14H,6-7H2,1H3/t8-,11+/m0/s1. The normalized spacial score (nSPS) is 14.3. The first kappa shape index (κ1) is 14.0. The smallest absolute Gasteiger partial charge is 0.269 e. The average Bonchev–Trinajstić information content (AvgIpc) is 2.35. The molecule has 94 valence electrons. The van der Waals surface area contributed by atoms with Crippen LogP contribution in [0.5, 0.6) is 0 Å². The molecule has 1 aromatic rings. The monoisotopic (exact) mass is 257 g/mol. The Balaban J connectivity index is 2.65. The first-order valence-corrected chi connectivity index (χ1v) is 6.24. The third-order valence-corrected chi connectivity index (χ3v) is 3.65. The Labute approximate surface area is 104 Å². The largest absolute Gasteiger partial charge is 0.394 e. The van der Waals surface area contributed by atoms with Crippen molar-refractivity contribution in [3.8, 4) is 0 Å². The highest BCUT2D eigenvalue weighted by atomic mass is 32.2. The second kappa shape index (κ2) is 6.58. The number of nitrogens with zero attached hydrogens (tertiary/aromatic N) is 1. The summed E-state index contributed by atoms with van der Waals surface area (Å²) in [6.45, 7) is 1.64. The minimum Gasteiger partial charge on any atom is -0.394 e. The van der Waals surface area contributed by atoms with Crippen molar-refractivity contribution < 1.29 is 15.1 Å². The van der Waals surface area contributed by atoms with Gasteiger partial charge in [-0.15, -0.1) is 0 Å². The molecule has 0 heterocycles. The molecule has 6 heteroatoms. The highest BCUT2D eigenvalue weighted by Gasteiger charge is 2.12. The van der Waals surface area contributed by atoms with Gasteiger partial charge in [-0.1, -0.05) is 12.1 Å². The zero-order chi connectivity index (χ0) is 12.8. The molecule has 1 aromatic carbocycles. The predicted molar refractivity (Wildman–Crippen MR) is 67.1 cm³/mol. The molecule has 2 atom stereocenters. The van der Waals surface area contributed by atoms with Crippen molar-refractivity contribution >= 4 is 17.4 Å². The van der Waals surface area contributed by atoms with E-state index in [1.165, 1.54) is 23.9 Å². The van der Waals surface area contributed by atoms with Crippen molar-refractivity contribution in [3.05, 3.63) is 39.9 Å². The number of nitro benzene ring substituents is 1. The lowest BCUT2D eigenvalue weighted by atomic mass is 10.1. The Hall–Kier alpha value is -1.11. The van der Waals surface area contributed by atoms with Crippen molar-refractivity contribution in [2.75, 3.05) is 12.4 Å². The second-order valence-electron chi connectivity index (χ2n) is 3.66. The zero-order valence-corrected chi connectivity index (χ0v) is 10.3. The van der Waals surface area contributed by atoms with Gasteiger partial charge >= 0.3 is 0 Å². The number of hydrogen-bond acceptors (Lipinski definition) is 5. The first-order chi connectivity index (χ1) is 8.04. The van der Waals surface area contributed by atoms with Gasteiger partial charge in [0.15, 0.2) is 0 Å². The van der Waals surface area contributed by atoms with Gasteiger partial charge < -0.3 is 10.2 Å². The van der Waals surface area contributed by atoms with Crippen LogP contribution in [0, 0.1) is 10.1 Å². The van der Waals surface area contributed by atoms with E-state index in [1.807, 2.05) is 13.0 Å². The van der Waals surface area contributed by atoms with E-state index in [-0.39, 0.29) is 17.5 Å². The number of rotatable bonds is 6. The number of aliphatic hydroxyl groups excluding tert-OH is 2. The molecule has 17 heavy (non-hydrogen) atoms. The second-order valence-corrected chi connectivity index (χ2v) is 5.04. The van der Waals surface area contributed by atoms with Crippen molar-refractivity contribution in [2.24, 2.45) is 0 Å². The van der Waals surface area contributed by atoms with Gasteiger partial charge in [0.1, 0.15) is 0 Å². The Morgan fingerprint density at radius 1 is 1.53 bits per heavy atom. The average molecular weight is 257 g/mol. The lowest BCUT2D eigenvalue weighted by molar-refractivity contribution is -0.384. The molecule has 0 saturated heterocycles. The Bertz CT molecular complexity index is 385. The lowest BCUT2D eigenvalue weighted by Gasteiger charge is -2.13. The van der Waals surface area contributed by atoms with Crippen LogP contribution in [0.1, 0.15) is 17.7 Å². The fourth-order valence-electron chi connectivity index (χ4n) is 1.30. The number of thioether (sulfide) groups is 1. The molecule has 0 aliphatic heterocycles. The van der Waals surface area contributed by atoms with E-state index < -0.39 is 11.0 Å². The molecule has 0 spiro atoms. The van der Waals surface area contributed by atoms with Gasteiger partial charge in [0, 0.05) is 23.1 Å². The molecular formula is C11H15NO4S. The van der Waals surface area contributed by atoms with Gasteiger partial charge in [-0.3, -0.25) is 10.1 Å². The molecule has 2 N–H and O–H groups in total. The maximum absolute atomic E-state index is 10.6. The third kappa shape index (κ3) is 4.33. The molecule has 1 rings (SSSR count). The van der Waals surface area contributed by atoms with Crippen LogP contribution in [0.15, 0.2) is 24.3 Å². The van der Waals surface area contributed by atoms with Crippen LogP contribution in [-0.4, -0.2) is 33.6 Å². The summed E-state index contributed by atoms with van der Waals surface area (Å²) < 4.78 is 0. The summed E-state index contributed by atoms with van der Waals surface area (Å²) in [7, 11) is 0. The number of non-ortho nitro benzene ring substituents is 1. The van der Waals surface area contributed by atoms with Crippen molar-refractivity contribution in [3.63, 3.8) is 0 Å². The topological polar surface area (TPSA) is 83.6 Å². The maximum Gasteiger partial charge on any atom is 0.269 e. The lowest BCUT2D eigenvalue weighted by Crippen LogP contribution is -2.15. The van der Waals surface area contributed by atoms with Gasteiger partial charge in [0.05, 0.1) is 17.6 Å². The van der Waals surface area contributed by atoms with Gasteiger partial charge in [-0.05, 0) is 12.5 Å². The summed E-state index contributed by atoms with van der Waals surface area (Å²) in [5, 5.41) is 28.6. The van der Waals surface area contributed by atoms with Gasteiger partial charge in [-0.2, -0.15) is 11.8 Å². The van der Waals surface area contributed by atoms with E-state index in [9.17, 15) is 15.2 Å². The molecule has 0 aliphatic carbocycles.